The first kappa shape index (κ1) is 18.9. The topological polar surface area (TPSA) is 44.4 Å². The Bertz CT molecular complexity index is 707. The van der Waals surface area contributed by atoms with E-state index in [9.17, 15) is 4.79 Å². The Labute approximate surface area is 155 Å². The van der Waals surface area contributed by atoms with Crippen LogP contribution in [0.15, 0.2) is 48.5 Å². The quantitative estimate of drug-likeness (QED) is 0.747. The fourth-order valence-corrected chi connectivity index (χ4v) is 2.74. The van der Waals surface area contributed by atoms with Gasteiger partial charge in [0.2, 0.25) is 0 Å². The van der Waals surface area contributed by atoms with Gasteiger partial charge in [0.15, 0.2) is 5.11 Å². The van der Waals surface area contributed by atoms with Crippen LogP contribution in [-0.4, -0.2) is 29.0 Å². The van der Waals surface area contributed by atoms with Crippen molar-refractivity contribution in [2.75, 3.05) is 23.7 Å². The number of thiocarbonyl (C=S) groups is 1. The molecule has 0 fully saturated rings. The van der Waals surface area contributed by atoms with Crippen molar-refractivity contribution >= 4 is 34.6 Å². The van der Waals surface area contributed by atoms with Gasteiger partial charge in [0.1, 0.15) is 0 Å². The standard InChI is InChI=1S/C20H25N3OS/c1-4-15-7-11-17(12-8-15)21-20(25)22-18-13-9-16(10-14-18)19(24)23(5-2)6-3/h7-14H,4-6H2,1-3H3,(H2,21,22,25). The van der Waals surface area contributed by atoms with Crippen molar-refractivity contribution in [2.24, 2.45) is 0 Å². The normalized spacial score (nSPS) is 10.2. The van der Waals surface area contributed by atoms with E-state index in [1.807, 2.05) is 50.2 Å². The molecule has 0 unspecified atom stereocenters. The second kappa shape index (κ2) is 9.18. The molecule has 2 aromatic rings. The average molecular weight is 356 g/mol. The molecule has 4 nitrogen and oxygen atoms in total. The van der Waals surface area contributed by atoms with E-state index in [2.05, 4.69) is 29.7 Å². The third-order valence-electron chi connectivity index (χ3n) is 4.06. The van der Waals surface area contributed by atoms with Gasteiger partial charge in [0.05, 0.1) is 0 Å². The summed E-state index contributed by atoms with van der Waals surface area (Å²) in [5.41, 5.74) is 3.77. The number of carbonyl (C=O) groups is 1. The van der Waals surface area contributed by atoms with Crippen LogP contribution in [0.1, 0.15) is 36.7 Å². The van der Waals surface area contributed by atoms with Crippen LogP contribution in [0.5, 0.6) is 0 Å². The van der Waals surface area contributed by atoms with Crippen LogP contribution in [0, 0.1) is 0 Å². The maximum absolute atomic E-state index is 12.3. The Morgan fingerprint density at radius 3 is 1.80 bits per heavy atom. The lowest BCUT2D eigenvalue weighted by molar-refractivity contribution is 0.0773. The second-order valence-corrected chi connectivity index (χ2v) is 6.09. The highest BCUT2D eigenvalue weighted by atomic mass is 32.1. The summed E-state index contributed by atoms with van der Waals surface area (Å²) >= 11 is 5.35. The fourth-order valence-electron chi connectivity index (χ4n) is 2.51. The maximum atomic E-state index is 12.3. The fraction of sp³-hybridized carbons (Fsp3) is 0.300. The molecule has 0 aromatic heterocycles. The highest BCUT2D eigenvalue weighted by Crippen LogP contribution is 2.14. The van der Waals surface area contributed by atoms with E-state index in [1.165, 1.54) is 5.56 Å². The van der Waals surface area contributed by atoms with E-state index in [0.29, 0.717) is 23.8 Å². The molecule has 0 radical (unpaired) electrons. The third-order valence-corrected chi connectivity index (χ3v) is 4.26. The smallest absolute Gasteiger partial charge is 0.253 e. The molecule has 132 valence electrons. The minimum Gasteiger partial charge on any atom is -0.339 e. The van der Waals surface area contributed by atoms with Crippen molar-refractivity contribution in [3.8, 4) is 0 Å². The van der Waals surface area contributed by atoms with Crippen LogP contribution in [0.25, 0.3) is 0 Å². The molecule has 0 atom stereocenters. The maximum Gasteiger partial charge on any atom is 0.253 e. The number of amides is 1. The highest BCUT2D eigenvalue weighted by Gasteiger charge is 2.12. The lowest BCUT2D eigenvalue weighted by Crippen LogP contribution is -2.30. The molecule has 5 heteroatoms. The van der Waals surface area contributed by atoms with Crippen molar-refractivity contribution in [2.45, 2.75) is 27.2 Å². The first-order chi connectivity index (χ1) is 12.1. The van der Waals surface area contributed by atoms with Crippen molar-refractivity contribution in [1.82, 2.24) is 4.90 Å². The van der Waals surface area contributed by atoms with Gasteiger partial charge in [-0.3, -0.25) is 4.79 Å². The predicted molar refractivity (Wildman–Crippen MR) is 109 cm³/mol. The number of hydrogen-bond donors (Lipinski definition) is 2. The van der Waals surface area contributed by atoms with Gasteiger partial charge in [0.25, 0.3) is 5.91 Å². The van der Waals surface area contributed by atoms with Crippen molar-refractivity contribution < 1.29 is 4.79 Å². The van der Waals surface area contributed by atoms with Gasteiger partial charge in [-0.25, -0.2) is 0 Å². The van der Waals surface area contributed by atoms with Crippen LogP contribution >= 0.6 is 12.2 Å². The second-order valence-electron chi connectivity index (χ2n) is 5.68. The van der Waals surface area contributed by atoms with E-state index in [-0.39, 0.29) is 5.91 Å². The highest BCUT2D eigenvalue weighted by molar-refractivity contribution is 7.80. The number of aryl methyl sites for hydroxylation is 1. The number of anilines is 2. The molecule has 0 heterocycles. The minimum absolute atomic E-state index is 0.0493. The SMILES string of the molecule is CCc1ccc(NC(=S)Nc2ccc(C(=O)N(CC)CC)cc2)cc1. The van der Waals surface area contributed by atoms with Crippen molar-refractivity contribution in [3.63, 3.8) is 0 Å². The van der Waals surface area contributed by atoms with Crippen LogP contribution in [0.3, 0.4) is 0 Å². The Kier molecular flexibility index (Phi) is 6.95. The van der Waals surface area contributed by atoms with Gasteiger partial charge in [0, 0.05) is 30.0 Å². The molecule has 0 saturated carbocycles. The van der Waals surface area contributed by atoms with Gasteiger partial charge in [-0.15, -0.1) is 0 Å². The Hall–Kier alpha value is -2.40. The van der Waals surface area contributed by atoms with Gasteiger partial charge < -0.3 is 15.5 Å². The summed E-state index contributed by atoms with van der Waals surface area (Å²) in [4.78, 5) is 14.1. The summed E-state index contributed by atoms with van der Waals surface area (Å²) in [6.45, 7) is 7.51. The molecule has 0 spiro atoms. The van der Waals surface area contributed by atoms with E-state index in [0.717, 1.165) is 17.8 Å². The van der Waals surface area contributed by atoms with Gasteiger partial charge in [-0.1, -0.05) is 19.1 Å². The first-order valence-electron chi connectivity index (χ1n) is 8.63. The zero-order valence-electron chi connectivity index (χ0n) is 15.0. The van der Waals surface area contributed by atoms with Crippen LogP contribution in [0.2, 0.25) is 0 Å². The number of carbonyl (C=O) groups excluding carboxylic acids is 1. The Morgan fingerprint density at radius 1 is 0.880 bits per heavy atom. The van der Waals surface area contributed by atoms with E-state index < -0.39 is 0 Å². The van der Waals surface area contributed by atoms with Crippen LogP contribution in [0.4, 0.5) is 11.4 Å². The number of benzene rings is 2. The molecule has 0 aliphatic rings. The van der Waals surface area contributed by atoms with Crippen molar-refractivity contribution in [3.05, 3.63) is 59.7 Å². The number of nitrogens with one attached hydrogen (secondary N) is 2. The predicted octanol–water partition coefficient (Wildman–Crippen LogP) is 4.54. The lowest BCUT2D eigenvalue weighted by atomic mass is 10.1. The average Bonchev–Trinajstić information content (AvgIpc) is 2.64. The molecule has 1 amide bonds. The number of rotatable bonds is 6. The van der Waals surface area contributed by atoms with E-state index in [1.54, 1.807) is 4.90 Å². The minimum atomic E-state index is 0.0493. The summed E-state index contributed by atoms with van der Waals surface area (Å²) in [5, 5.41) is 6.82. The third kappa shape index (κ3) is 5.29. The zero-order chi connectivity index (χ0) is 18.2. The summed E-state index contributed by atoms with van der Waals surface area (Å²) in [6, 6.07) is 15.6. The van der Waals surface area contributed by atoms with Crippen LogP contribution in [-0.2, 0) is 6.42 Å². The van der Waals surface area contributed by atoms with E-state index >= 15 is 0 Å². The van der Waals surface area contributed by atoms with Crippen LogP contribution < -0.4 is 10.6 Å². The largest absolute Gasteiger partial charge is 0.339 e. The molecule has 2 aromatic carbocycles. The van der Waals surface area contributed by atoms with Crippen molar-refractivity contribution in [1.29, 1.82) is 0 Å². The summed E-state index contributed by atoms with van der Waals surface area (Å²) in [6.07, 6.45) is 1.02. The molecule has 0 aliphatic carbocycles. The molecular formula is C20H25N3OS. The molecule has 0 saturated heterocycles. The zero-order valence-corrected chi connectivity index (χ0v) is 15.8. The molecule has 2 rings (SSSR count). The first-order valence-corrected chi connectivity index (χ1v) is 9.04. The summed E-state index contributed by atoms with van der Waals surface area (Å²) < 4.78 is 0. The molecule has 25 heavy (non-hydrogen) atoms. The molecule has 2 N–H and O–H groups in total. The van der Waals surface area contributed by atoms with E-state index in [4.69, 9.17) is 12.2 Å². The molecule has 0 aliphatic heterocycles. The Balaban J connectivity index is 1.95. The monoisotopic (exact) mass is 355 g/mol. The van der Waals surface area contributed by atoms with Gasteiger partial charge in [-0.05, 0) is 74.4 Å². The molecule has 0 bridgehead atoms. The van der Waals surface area contributed by atoms with Gasteiger partial charge >= 0.3 is 0 Å². The number of hydrogen-bond acceptors (Lipinski definition) is 2. The Morgan fingerprint density at radius 2 is 1.36 bits per heavy atom. The summed E-state index contributed by atoms with van der Waals surface area (Å²) in [7, 11) is 0. The number of nitrogens with zero attached hydrogens (tertiary/aromatic N) is 1. The molecular weight excluding hydrogens is 330 g/mol. The summed E-state index contributed by atoms with van der Waals surface area (Å²) in [5.74, 6) is 0.0493. The lowest BCUT2D eigenvalue weighted by Gasteiger charge is -2.18. The van der Waals surface area contributed by atoms with Gasteiger partial charge in [-0.2, -0.15) is 0 Å².